The lowest BCUT2D eigenvalue weighted by Crippen LogP contribution is -2.53. The number of alkyl halides is 3. The van der Waals surface area contributed by atoms with Crippen LogP contribution in [0.25, 0.3) is 0 Å². The van der Waals surface area contributed by atoms with Crippen molar-refractivity contribution in [2.75, 3.05) is 17.4 Å². The predicted octanol–water partition coefficient (Wildman–Crippen LogP) is 8.04. The van der Waals surface area contributed by atoms with E-state index in [0.29, 0.717) is 27.0 Å². The number of amides is 2. The normalized spacial score (nSPS) is 12.4. The Hall–Kier alpha value is -3.87. The molecule has 0 unspecified atom stereocenters. The number of nitrogens with one attached hydrogen (secondary N) is 1. The first-order valence-electron chi connectivity index (χ1n) is 15.4. The maximum absolute atomic E-state index is 14.6. The van der Waals surface area contributed by atoms with Gasteiger partial charge in [0.2, 0.25) is 11.8 Å². The highest BCUT2D eigenvalue weighted by Crippen LogP contribution is 2.38. The van der Waals surface area contributed by atoms with E-state index in [9.17, 15) is 31.2 Å². The minimum Gasteiger partial charge on any atom is -0.354 e. The Kier molecular flexibility index (Phi) is 12.6. The number of sulfonamides is 1. The summed E-state index contributed by atoms with van der Waals surface area (Å²) in [4.78, 5) is 29.5. The average molecular weight is 779 g/mol. The van der Waals surface area contributed by atoms with Gasteiger partial charge in [0.05, 0.1) is 21.2 Å². The molecule has 4 aromatic carbocycles. The van der Waals surface area contributed by atoms with Crippen LogP contribution in [0.15, 0.2) is 106 Å². The van der Waals surface area contributed by atoms with Crippen molar-refractivity contribution in [3.63, 3.8) is 0 Å². The van der Waals surface area contributed by atoms with E-state index in [2.05, 4.69) is 21.2 Å². The SMILES string of the molecule is Cc1ccc(S(=O)(=O)N(CC(=O)N(Cc2cccc(Br)c2)[C@@H](Cc2ccccc2)C(=O)NCC(C)C)c2ccc(Cl)c(C(F)(F)F)c2)cc1. The Balaban J connectivity index is 1.86. The molecular weight excluding hydrogens is 743 g/mol. The molecule has 1 N–H and O–H groups in total. The number of carbonyl (C=O) groups excluding carboxylic acids is 2. The third-order valence-electron chi connectivity index (χ3n) is 7.63. The van der Waals surface area contributed by atoms with Gasteiger partial charge in [0.25, 0.3) is 10.0 Å². The van der Waals surface area contributed by atoms with Crippen LogP contribution < -0.4 is 9.62 Å². The van der Waals surface area contributed by atoms with E-state index in [0.717, 1.165) is 23.3 Å². The zero-order valence-corrected chi connectivity index (χ0v) is 30.2. The summed E-state index contributed by atoms with van der Waals surface area (Å²) in [5.41, 5.74) is 0.456. The fraction of sp³-hybridized carbons (Fsp3) is 0.278. The van der Waals surface area contributed by atoms with Crippen LogP contribution in [0.3, 0.4) is 0 Å². The zero-order valence-electron chi connectivity index (χ0n) is 27.0. The summed E-state index contributed by atoms with van der Waals surface area (Å²) in [7, 11) is -4.61. The average Bonchev–Trinajstić information content (AvgIpc) is 3.04. The van der Waals surface area contributed by atoms with Gasteiger partial charge in [-0.15, -0.1) is 0 Å². The third kappa shape index (κ3) is 10.1. The van der Waals surface area contributed by atoms with Crippen molar-refractivity contribution in [3.05, 3.63) is 129 Å². The molecule has 0 aliphatic rings. The second-order valence-corrected chi connectivity index (χ2v) is 15.2. The molecule has 4 rings (SSSR count). The van der Waals surface area contributed by atoms with Gasteiger partial charge in [0, 0.05) is 24.0 Å². The summed E-state index contributed by atoms with van der Waals surface area (Å²) in [5.74, 6) is -1.17. The van der Waals surface area contributed by atoms with Crippen LogP contribution in [0.2, 0.25) is 5.02 Å². The van der Waals surface area contributed by atoms with E-state index in [-0.39, 0.29) is 23.8 Å². The summed E-state index contributed by atoms with van der Waals surface area (Å²) in [6.45, 7) is 4.91. The van der Waals surface area contributed by atoms with E-state index in [4.69, 9.17) is 11.6 Å². The molecule has 4 aromatic rings. The van der Waals surface area contributed by atoms with Gasteiger partial charge in [-0.25, -0.2) is 8.42 Å². The van der Waals surface area contributed by atoms with E-state index in [1.807, 2.05) is 32.0 Å². The largest absolute Gasteiger partial charge is 0.417 e. The maximum Gasteiger partial charge on any atom is 0.417 e. The van der Waals surface area contributed by atoms with Crippen LogP contribution in [-0.4, -0.2) is 44.3 Å². The number of anilines is 1. The fourth-order valence-corrected chi connectivity index (χ4v) is 7.14. The molecule has 0 spiro atoms. The minimum absolute atomic E-state index is 0.0917. The lowest BCUT2D eigenvalue weighted by molar-refractivity contribution is -0.140. The molecule has 0 fully saturated rings. The van der Waals surface area contributed by atoms with Crippen molar-refractivity contribution >= 4 is 55.1 Å². The molecule has 0 saturated carbocycles. The van der Waals surface area contributed by atoms with Gasteiger partial charge in [0.15, 0.2) is 0 Å². The summed E-state index contributed by atoms with van der Waals surface area (Å²) in [6, 6.07) is 23.4. The van der Waals surface area contributed by atoms with Gasteiger partial charge in [-0.2, -0.15) is 13.2 Å². The Morgan fingerprint density at radius 1 is 0.898 bits per heavy atom. The summed E-state index contributed by atoms with van der Waals surface area (Å²) < 4.78 is 71.6. The maximum atomic E-state index is 14.6. The summed E-state index contributed by atoms with van der Waals surface area (Å²) in [5, 5.41) is 2.27. The van der Waals surface area contributed by atoms with Gasteiger partial charge in [-0.3, -0.25) is 13.9 Å². The highest BCUT2D eigenvalue weighted by atomic mass is 79.9. The van der Waals surface area contributed by atoms with Crippen LogP contribution in [0.5, 0.6) is 0 Å². The molecule has 0 aromatic heterocycles. The Morgan fingerprint density at radius 3 is 2.16 bits per heavy atom. The van der Waals surface area contributed by atoms with Crippen molar-refractivity contribution in [2.24, 2.45) is 5.92 Å². The van der Waals surface area contributed by atoms with Gasteiger partial charge in [-0.05, 0) is 66.4 Å². The molecule has 0 saturated heterocycles. The molecule has 260 valence electrons. The standard InChI is InChI=1S/C36H36BrClF3N3O4S/c1-24(2)21-42-35(46)33(19-26-8-5-4-6-9-26)43(22-27-10-7-11-28(37)18-27)34(45)23-44(49(47,48)30-15-12-25(3)13-16-30)29-14-17-32(38)31(20-29)36(39,40)41/h4-18,20,24,33H,19,21-23H2,1-3H3,(H,42,46)/t33-/m0/s1. The third-order valence-corrected chi connectivity index (χ3v) is 10.2. The number of aryl methyl sites for hydroxylation is 1. The van der Waals surface area contributed by atoms with Crippen LogP contribution >= 0.6 is 27.5 Å². The number of carbonyl (C=O) groups is 2. The number of halogens is 5. The molecule has 0 aliphatic carbocycles. The number of benzene rings is 4. The second-order valence-electron chi connectivity index (χ2n) is 12.0. The van der Waals surface area contributed by atoms with Crippen molar-refractivity contribution < 1.29 is 31.2 Å². The Bertz CT molecular complexity index is 1870. The molecule has 0 radical (unpaired) electrons. The topological polar surface area (TPSA) is 86.8 Å². The smallest absolute Gasteiger partial charge is 0.354 e. The summed E-state index contributed by atoms with van der Waals surface area (Å²) in [6.07, 6.45) is -4.81. The van der Waals surface area contributed by atoms with Crippen molar-refractivity contribution in [3.8, 4) is 0 Å². The minimum atomic E-state index is -4.90. The van der Waals surface area contributed by atoms with Crippen LogP contribution in [0, 0.1) is 12.8 Å². The van der Waals surface area contributed by atoms with Crippen LogP contribution in [-0.2, 0) is 38.8 Å². The number of rotatable bonds is 13. The molecule has 7 nitrogen and oxygen atoms in total. The van der Waals surface area contributed by atoms with Crippen LogP contribution in [0.1, 0.15) is 36.1 Å². The van der Waals surface area contributed by atoms with Gasteiger partial charge in [-0.1, -0.05) is 102 Å². The molecule has 2 amide bonds. The van der Waals surface area contributed by atoms with Crippen molar-refractivity contribution in [1.29, 1.82) is 0 Å². The molecule has 49 heavy (non-hydrogen) atoms. The lowest BCUT2D eigenvalue weighted by atomic mass is 10.0. The van der Waals surface area contributed by atoms with E-state index in [1.54, 1.807) is 55.5 Å². The number of hydrogen-bond acceptors (Lipinski definition) is 4. The Labute approximate surface area is 298 Å². The van der Waals surface area contributed by atoms with Crippen molar-refractivity contribution in [2.45, 2.75) is 50.9 Å². The monoisotopic (exact) mass is 777 g/mol. The fourth-order valence-electron chi connectivity index (χ4n) is 5.06. The first-order valence-corrected chi connectivity index (χ1v) is 18.0. The molecule has 13 heteroatoms. The van der Waals surface area contributed by atoms with E-state index < -0.39 is 56.9 Å². The number of nitrogens with zero attached hydrogens (tertiary/aromatic N) is 2. The van der Waals surface area contributed by atoms with E-state index in [1.165, 1.54) is 17.0 Å². The van der Waals surface area contributed by atoms with E-state index >= 15 is 0 Å². The second kappa shape index (κ2) is 16.2. The molecule has 0 aliphatic heterocycles. The molecule has 0 heterocycles. The molecular formula is C36H36BrClF3N3O4S. The van der Waals surface area contributed by atoms with Crippen molar-refractivity contribution in [1.82, 2.24) is 10.2 Å². The quantitative estimate of drug-likeness (QED) is 0.149. The van der Waals surface area contributed by atoms with Gasteiger partial charge >= 0.3 is 6.18 Å². The zero-order chi connectivity index (χ0) is 35.9. The van der Waals surface area contributed by atoms with Crippen LogP contribution in [0.4, 0.5) is 18.9 Å². The first kappa shape index (κ1) is 37.9. The predicted molar refractivity (Wildman–Crippen MR) is 189 cm³/mol. The lowest BCUT2D eigenvalue weighted by Gasteiger charge is -2.34. The van der Waals surface area contributed by atoms with Gasteiger partial charge < -0.3 is 10.2 Å². The molecule has 0 bridgehead atoms. The summed E-state index contributed by atoms with van der Waals surface area (Å²) >= 11 is 9.32. The molecule has 1 atom stereocenters. The highest BCUT2D eigenvalue weighted by Gasteiger charge is 2.37. The Morgan fingerprint density at radius 2 is 1.55 bits per heavy atom. The number of hydrogen-bond donors (Lipinski definition) is 1. The van der Waals surface area contributed by atoms with Gasteiger partial charge in [0.1, 0.15) is 12.6 Å². The first-order chi connectivity index (χ1) is 23.1. The highest BCUT2D eigenvalue weighted by molar-refractivity contribution is 9.10.